The monoisotopic (exact) mass is 294 g/mol. The molecule has 2 amide bonds. The first-order valence-corrected chi connectivity index (χ1v) is 6.96. The molecule has 0 heterocycles. The Morgan fingerprint density at radius 1 is 1.10 bits per heavy atom. The lowest BCUT2D eigenvalue weighted by Gasteiger charge is -2.25. The van der Waals surface area contributed by atoms with Gasteiger partial charge in [0, 0.05) is 13.1 Å². The zero-order valence-corrected chi connectivity index (χ0v) is 12.3. The third-order valence-corrected chi connectivity index (χ3v) is 3.55. The summed E-state index contributed by atoms with van der Waals surface area (Å²) in [6.45, 7) is 4.23. The first kappa shape index (κ1) is 17.0. The molecule has 0 bridgehead atoms. The number of hydrogen-bond donors (Lipinski definition) is 4. The van der Waals surface area contributed by atoms with Crippen LogP contribution in [0.15, 0.2) is 24.3 Å². The summed E-state index contributed by atoms with van der Waals surface area (Å²) in [5.74, 6) is -0.981. The molecule has 0 unspecified atom stereocenters. The fourth-order valence-corrected chi connectivity index (χ4v) is 1.75. The molecule has 0 aliphatic rings. The van der Waals surface area contributed by atoms with Crippen molar-refractivity contribution in [3.8, 4) is 0 Å². The van der Waals surface area contributed by atoms with Crippen LogP contribution >= 0.6 is 0 Å². The number of carboxylic acids is 1. The van der Waals surface area contributed by atoms with Gasteiger partial charge in [0.2, 0.25) is 0 Å². The van der Waals surface area contributed by atoms with Crippen molar-refractivity contribution >= 4 is 12.0 Å². The highest BCUT2D eigenvalue weighted by molar-refractivity contribution is 5.87. The fraction of sp³-hybridized carbons (Fsp3) is 0.467. The van der Waals surface area contributed by atoms with E-state index in [1.807, 2.05) is 13.8 Å². The van der Waals surface area contributed by atoms with Gasteiger partial charge in [0.25, 0.3) is 0 Å². The van der Waals surface area contributed by atoms with Crippen LogP contribution in [0.4, 0.5) is 4.79 Å². The molecule has 0 saturated heterocycles. The average molecular weight is 294 g/mol. The number of hydrogen-bond acceptors (Lipinski definition) is 3. The number of urea groups is 1. The van der Waals surface area contributed by atoms with Crippen LogP contribution in [0.1, 0.15) is 42.6 Å². The summed E-state index contributed by atoms with van der Waals surface area (Å²) < 4.78 is 0. The lowest BCUT2D eigenvalue weighted by Crippen LogP contribution is -2.45. The second-order valence-corrected chi connectivity index (χ2v) is 4.97. The molecule has 1 rings (SSSR count). The maximum atomic E-state index is 11.6. The molecule has 6 nitrogen and oxygen atoms in total. The van der Waals surface area contributed by atoms with E-state index in [-0.39, 0.29) is 18.1 Å². The molecule has 0 aromatic heterocycles. The van der Waals surface area contributed by atoms with E-state index in [4.69, 9.17) is 5.11 Å². The minimum atomic E-state index is -0.981. The van der Waals surface area contributed by atoms with Crippen LogP contribution in [0.5, 0.6) is 0 Å². The number of aliphatic hydroxyl groups is 1. The summed E-state index contributed by atoms with van der Waals surface area (Å²) in [6.07, 6.45) is 1.14. The Morgan fingerprint density at radius 2 is 1.67 bits per heavy atom. The SMILES string of the molecule is CCC(O)(CC)CNC(=O)NCc1ccc(C(=O)O)cc1. The van der Waals surface area contributed by atoms with Crippen LogP contribution < -0.4 is 10.6 Å². The largest absolute Gasteiger partial charge is 0.478 e. The van der Waals surface area contributed by atoms with Gasteiger partial charge in [-0.1, -0.05) is 26.0 Å². The predicted molar refractivity (Wildman–Crippen MR) is 79.2 cm³/mol. The zero-order valence-electron chi connectivity index (χ0n) is 12.3. The van der Waals surface area contributed by atoms with Crippen LogP contribution in [0.25, 0.3) is 0 Å². The first-order chi connectivity index (χ1) is 9.90. The average Bonchev–Trinajstić information content (AvgIpc) is 2.51. The molecule has 0 fully saturated rings. The van der Waals surface area contributed by atoms with Crippen molar-refractivity contribution in [2.45, 2.75) is 38.8 Å². The van der Waals surface area contributed by atoms with E-state index in [1.165, 1.54) is 12.1 Å². The number of nitrogens with one attached hydrogen (secondary N) is 2. The number of aromatic carboxylic acids is 1. The zero-order chi connectivity index (χ0) is 15.9. The lowest BCUT2D eigenvalue weighted by molar-refractivity contribution is 0.0349. The van der Waals surface area contributed by atoms with Gasteiger partial charge in [-0.2, -0.15) is 0 Å². The van der Waals surface area contributed by atoms with E-state index < -0.39 is 11.6 Å². The molecule has 0 saturated carbocycles. The molecule has 0 aliphatic heterocycles. The van der Waals surface area contributed by atoms with Crippen molar-refractivity contribution in [1.82, 2.24) is 10.6 Å². The molecule has 0 aliphatic carbocycles. The van der Waals surface area contributed by atoms with Gasteiger partial charge in [-0.25, -0.2) is 9.59 Å². The highest BCUT2D eigenvalue weighted by atomic mass is 16.4. The Balaban J connectivity index is 2.41. The minimum absolute atomic E-state index is 0.198. The molecule has 0 atom stereocenters. The van der Waals surface area contributed by atoms with Crippen molar-refractivity contribution in [3.63, 3.8) is 0 Å². The van der Waals surface area contributed by atoms with Gasteiger partial charge in [0.1, 0.15) is 0 Å². The summed E-state index contributed by atoms with van der Waals surface area (Å²) in [5, 5.41) is 24.1. The maximum Gasteiger partial charge on any atom is 0.335 e. The highest BCUT2D eigenvalue weighted by Gasteiger charge is 2.22. The Morgan fingerprint density at radius 3 is 2.14 bits per heavy atom. The van der Waals surface area contributed by atoms with Gasteiger partial charge >= 0.3 is 12.0 Å². The van der Waals surface area contributed by atoms with Crippen molar-refractivity contribution in [2.75, 3.05) is 6.54 Å². The highest BCUT2D eigenvalue weighted by Crippen LogP contribution is 2.12. The maximum absolute atomic E-state index is 11.6. The van der Waals surface area contributed by atoms with Gasteiger partial charge in [-0.05, 0) is 30.5 Å². The Hall–Kier alpha value is -2.08. The first-order valence-electron chi connectivity index (χ1n) is 6.96. The quantitative estimate of drug-likeness (QED) is 0.615. The van der Waals surface area contributed by atoms with Crippen molar-refractivity contribution in [2.24, 2.45) is 0 Å². The minimum Gasteiger partial charge on any atom is -0.478 e. The van der Waals surface area contributed by atoms with Gasteiger partial charge in [-0.15, -0.1) is 0 Å². The molecule has 1 aromatic rings. The number of carbonyl (C=O) groups excluding carboxylic acids is 1. The Kier molecular flexibility index (Phi) is 6.17. The van der Waals surface area contributed by atoms with Crippen LogP contribution in [-0.2, 0) is 6.54 Å². The van der Waals surface area contributed by atoms with Crippen molar-refractivity contribution in [1.29, 1.82) is 0 Å². The third-order valence-electron chi connectivity index (χ3n) is 3.55. The van der Waals surface area contributed by atoms with Crippen LogP contribution in [-0.4, -0.2) is 34.4 Å². The number of amides is 2. The second-order valence-electron chi connectivity index (χ2n) is 4.97. The van der Waals surface area contributed by atoms with E-state index in [9.17, 15) is 14.7 Å². The summed E-state index contributed by atoms with van der Waals surface area (Å²) in [6, 6.07) is 5.92. The topological polar surface area (TPSA) is 98.7 Å². The summed E-state index contributed by atoms with van der Waals surface area (Å²) in [7, 11) is 0. The molecule has 0 spiro atoms. The molecular weight excluding hydrogens is 272 g/mol. The number of rotatable bonds is 7. The Labute approximate surface area is 124 Å². The van der Waals surface area contributed by atoms with Gasteiger partial charge in [0.15, 0.2) is 0 Å². The molecule has 116 valence electrons. The summed E-state index contributed by atoms with van der Waals surface area (Å²) >= 11 is 0. The molecule has 4 N–H and O–H groups in total. The number of carboxylic acid groups (broad SMARTS) is 1. The lowest BCUT2D eigenvalue weighted by atomic mass is 9.98. The molecule has 21 heavy (non-hydrogen) atoms. The van der Waals surface area contributed by atoms with Crippen molar-refractivity contribution < 1.29 is 19.8 Å². The van der Waals surface area contributed by atoms with Crippen molar-refractivity contribution in [3.05, 3.63) is 35.4 Å². The number of carbonyl (C=O) groups is 2. The van der Waals surface area contributed by atoms with Gasteiger partial charge < -0.3 is 20.8 Å². The van der Waals surface area contributed by atoms with E-state index in [2.05, 4.69) is 10.6 Å². The number of benzene rings is 1. The normalized spacial score (nSPS) is 11.0. The standard InChI is InChI=1S/C15H22N2O4/c1-3-15(21,4-2)10-17-14(20)16-9-11-5-7-12(8-6-11)13(18)19/h5-8,21H,3-4,9-10H2,1-2H3,(H,18,19)(H2,16,17,20). The molecule has 6 heteroatoms. The van der Waals surface area contributed by atoms with E-state index in [0.29, 0.717) is 19.4 Å². The molecule has 1 aromatic carbocycles. The van der Waals surface area contributed by atoms with Crippen LogP contribution in [0.2, 0.25) is 0 Å². The summed E-state index contributed by atoms with van der Waals surface area (Å²) in [4.78, 5) is 22.4. The van der Waals surface area contributed by atoms with E-state index in [1.54, 1.807) is 12.1 Å². The fourth-order valence-electron chi connectivity index (χ4n) is 1.75. The molecule has 0 radical (unpaired) electrons. The van der Waals surface area contributed by atoms with E-state index >= 15 is 0 Å². The summed E-state index contributed by atoms with van der Waals surface area (Å²) in [5.41, 5.74) is 0.135. The molecular formula is C15H22N2O4. The Bertz CT molecular complexity index is 481. The predicted octanol–water partition coefficient (Wildman–Crippen LogP) is 1.74. The smallest absolute Gasteiger partial charge is 0.335 e. The van der Waals surface area contributed by atoms with Crippen LogP contribution in [0.3, 0.4) is 0 Å². The van der Waals surface area contributed by atoms with Crippen LogP contribution in [0, 0.1) is 0 Å². The van der Waals surface area contributed by atoms with E-state index in [0.717, 1.165) is 5.56 Å². The van der Waals surface area contributed by atoms with Gasteiger partial charge in [0.05, 0.1) is 11.2 Å². The second kappa shape index (κ2) is 7.64. The third kappa shape index (κ3) is 5.43. The van der Waals surface area contributed by atoms with Gasteiger partial charge in [-0.3, -0.25) is 0 Å².